The van der Waals surface area contributed by atoms with Gasteiger partial charge in [0.2, 0.25) is 5.76 Å². The molecule has 0 aliphatic rings. The molecule has 242 valence electrons. The first-order valence-corrected chi connectivity index (χ1v) is 13.4. The molecule has 1 unspecified atom stereocenters. The van der Waals surface area contributed by atoms with Gasteiger partial charge in [0.05, 0.1) is 12.3 Å². The van der Waals surface area contributed by atoms with Gasteiger partial charge in [-0.1, -0.05) is 41.5 Å². The Kier molecular flexibility index (Phi) is 22.2. The largest absolute Gasteiger partial charge is 0.481 e. The number of carboxylic acids is 2. The van der Waals surface area contributed by atoms with Crippen molar-refractivity contribution in [3.63, 3.8) is 0 Å². The average molecular weight is 615 g/mol. The maximum absolute atomic E-state index is 12.0. The molecule has 1 heterocycles. The van der Waals surface area contributed by atoms with Gasteiger partial charge in [0.1, 0.15) is 23.1 Å². The van der Waals surface area contributed by atoms with E-state index < -0.39 is 35.5 Å². The Morgan fingerprint density at radius 1 is 0.930 bits per heavy atom. The van der Waals surface area contributed by atoms with Crippen LogP contribution in [0.15, 0.2) is 40.8 Å². The van der Waals surface area contributed by atoms with E-state index in [2.05, 4.69) is 0 Å². The number of carbonyl (C=O) groups is 5. The number of carboxylic acid groups (broad SMARTS) is 2. The lowest BCUT2D eigenvalue weighted by molar-refractivity contribution is -0.147. The van der Waals surface area contributed by atoms with Gasteiger partial charge in [0.15, 0.2) is 5.78 Å². The van der Waals surface area contributed by atoms with Crippen LogP contribution in [0.2, 0.25) is 0 Å². The maximum atomic E-state index is 12.0. The number of rotatable bonds is 10. The fraction of sp³-hybridized carbons (Fsp3) is 0.467. The minimum atomic E-state index is -3.14. The highest BCUT2D eigenvalue weighted by atomic mass is 19.3. The first-order valence-electron chi connectivity index (χ1n) is 13.4. The molecule has 5 N–H and O–H groups in total. The van der Waals surface area contributed by atoms with E-state index in [9.17, 15) is 32.8 Å². The molecule has 0 fully saturated rings. The van der Waals surface area contributed by atoms with Gasteiger partial charge in [-0.2, -0.15) is 8.78 Å². The molecule has 0 bridgehead atoms. The van der Waals surface area contributed by atoms with Crippen LogP contribution < -0.4 is 10.5 Å². The van der Waals surface area contributed by atoms with Crippen molar-refractivity contribution in [1.82, 2.24) is 0 Å². The number of ketones is 2. The summed E-state index contributed by atoms with van der Waals surface area (Å²) in [5.74, 6) is -6.98. The number of furan rings is 1. The molecule has 11 nitrogen and oxygen atoms in total. The maximum Gasteiger partial charge on any atom is 0.379 e. The molecule has 13 heteroatoms. The third kappa shape index (κ3) is 20.2. The van der Waals surface area contributed by atoms with E-state index >= 15 is 0 Å². The van der Waals surface area contributed by atoms with E-state index in [4.69, 9.17) is 30.5 Å². The Morgan fingerprint density at radius 3 is 1.72 bits per heavy atom. The molecule has 2 aromatic rings. The third-order valence-corrected chi connectivity index (χ3v) is 4.96. The van der Waals surface area contributed by atoms with Crippen molar-refractivity contribution in [2.75, 3.05) is 0 Å². The van der Waals surface area contributed by atoms with Crippen molar-refractivity contribution in [3.05, 3.63) is 53.5 Å². The van der Waals surface area contributed by atoms with Crippen LogP contribution in [0.1, 0.15) is 90.6 Å². The van der Waals surface area contributed by atoms with Gasteiger partial charge in [-0.05, 0) is 43.3 Å². The summed E-state index contributed by atoms with van der Waals surface area (Å²) in [6, 6.07) is 9.47. The second kappa shape index (κ2) is 22.2. The van der Waals surface area contributed by atoms with Crippen molar-refractivity contribution >= 4 is 35.3 Å². The number of aliphatic carboxylic acids is 2. The zero-order chi connectivity index (χ0) is 34.5. The number of esters is 1. The Hall–Kier alpha value is -4.42. The summed E-state index contributed by atoms with van der Waals surface area (Å²) in [5, 5.41) is 23.5. The number of hydrogen-bond acceptors (Lipinski definition) is 8. The molecule has 0 radical (unpaired) electrons. The quantitative estimate of drug-likeness (QED) is 0.106. The van der Waals surface area contributed by atoms with Crippen LogP contribution in [0.4, 0.5) is 8.78 Å². The SMILES string of the molecule is CC.CC.CC(=O)C(C)(F)F.CC(=O)C(C)Cc1ccc(C(=O)Oc2ccc(C(=N)N)cc2)o1.C[C@H](CC(=O)O)C(=O)O. The monoisotopic (exact) mass is 614 g/mol. The van der Waals surface area contributed by atoms with E-state index in [-0.39, 0.29) is 29.7 Å². The number of alkyl halides is 2. The van der Waals surface area contributed by atoms with Crippen molar-refractivity contribution in [2.24, 2.45) is 17.6 Å². The normalized spacial score (nSPS) is 11.0. The first kappa shape index (κ1) is 43.0. The fourth-order valence-corrected chi connectivity index (χ4v) is 2.25. The van der Waals surface area contributed by atoms with Gasteiger partial charge in [-0.3, -0.25) is 24.6 Å². The lowest BCUT2D eigenvalue weighted by atomic mass is 10.0. The van der Waals surface area contributed by atoms with Gasteiger partial charge in [-0.25, -0.2) is 4.79 Å². The number of carbonyl (C=O) groups excluding carboxylic acids is 3. The zero-order valence-electron chi connectivity index (χ0n) is 26.1. The molecule has 2 atom stereocenters. The Bertz CT molecular complexity index is 1170. The molecular weight excluding hydrogens is 570 g/mol. The van der Waals surface area contributed by atoms with Crippen molar-refractivity contribution < 1.29 is 52.1 Å². The Labute approximate surface area is 250 Å². The molecule has 0 saturated heterocycles. The lowest BCUT2D eigenvalue weighted by Gasteiger charge is -2.05. The smallest absolute Gasteiger partial charge is 0.379 e. The van der Waals surface area contributed by atoms with Crippen LogP contribution in [-0.4, -0.2) is 51.4 Å². The van der Waals surface area contributed by atoms with Gasteiger partial charge in [0.25, 0.3) is 0 Å². The van der Waals surface area contributed by atoms with Gasteiger partial charge in [-0.15, -0.1) is 0 Å². The standard InChI is InChI=1S/C17H18N2O4.C5H8O4.C4H6F2O.2C2H6/c1-10(11(2)20)9-14-7-8-15(22-14)17(21)23-13-5-3-12(4-6-13)16(18)19;1-3(5(8)9)2-4(6)7;1-3(7)4(2,5)6;2*1-2/h3-8,10H,9H2,1-2H3,(H3,18,19);3H,2H2,1H3,(H,6,7)(H,8,9);1-2H3;2*1-2H3/t;3-;;;/m.1.../s1. The molecule has 0 amide bonds. The number of nitrogens with one attached hydrogen (secondary N) is 1. The minimum Gasteiger partial charge on any atom is -0.481 e. The summed E-state index contributed by atoms with van der Waals surface area (Å²) in [6.07, 6.45) is 0.130. The van der Waals surface area contributed by atoms with E-state index in [1.165, 1.54) is 19.9 Å². The van der Waals surface area contributed by atoms with Crippen LogP contribution in [0, 0.1) is 17.2 Å². The molecule has 0 saturated carbocycles. The third-order valence-electron chi connectivity index (χ3n) is 4.96. The minimum absolute atomic E-state index is 0.0573. The Balaban J connectivity index is -0.000000660. The summed E-state index contributed by atoms with van der Waals surface area (Å²) in [7, 11) is 0. The molecule has 1 aromatic carbocycles. The van der Waals surface area contributed by atoms with Crippen molar-refractivity contribution in [3.8, 4) is 5.75 Å². The molecule has 0 spiro atoms. The van der Waals surface area contributed by atoms with Crippen LogP contribution in [0.25, 0.3) is 0 Å². The van der Waals surface area contributed by atoms with Crippen LogP contribution in [-0.2, 0) is 25.6 Å². The number of Topliss-reactive ketones (excluding diaryl/α,β-unsaturated/α-hetero) is 2. The summed E-state index contributed by atoms with van der Waals surface area (Å²) < 4.78 is 33.6. The Morgan fingerprint density at radius 2 is 1.40 bits per heavy atom. The number of ether oxygens (including phenoxy) is 1. The number of nitrogen functional groups attached to an aromatic ring is 1. The van der Waals surface area contributed by atoms with Crippen LogP contribution in [0.5, 0.6) is 5.75 Å². The highest BCUT2D eigenvalue weighted by molar-refractivity contribution is 5.95. The average Bonchev–Trinajstić information content (AvgIpc) is 3.39. The number of benzene rings is 1. The topological polar surface area (TPSA) is 198 Å². The van der Waals surface area contributed by atoms with E-state index in [1.807, 2.05) is 27.7 Å². The second-order valence-electron chi connectivity index (χ2n) is 8.59. The van der Waals surface area contributed by atoms with Gasteiger partial charge in [0, 0.05) is 31.7 Å². The summed E-state index contributed by atoms with van der Waals surface area (Å²) in [4.78, 5) is 52.8. The molecular formula is C30H44F2N2O9. The van der Waals surface area contributed by atoms with Crippen LogP contribution in [0.3, 0.4) is 0 Å². The predicted molar refractivity (Wildman–Crippen MR) is 158 cm³/mol. The van der Waals surface area contributed by atoms with Crippen LogP contribution >= 0.6 is 0 Å². The summed E-state index contributed by atoms with van der Waals surface area (Å²) in [6.45, 7) is 14.1. The van der Waals surface area contributed by atoms with Gasteiger partial charge >= 0.3 is 23.8 Å². The molecule has 0 aliphatic carbocycles. The zero-order valence-corrected chi connectivity index (χ0v) is 26.1. The number of halogens is 2. The van der Waals surface area contributed by atoms with Crippen molar-refractivity contribution in [2.45, 2.75) is 81.1 Å². The van der Waals surface area contributed by atoms with E-state index in [0.29, 0.717) is 30.4 Å². The number of hydrogen-bond donors (Lipinski definition) is 4. The van der Waals surface area contributed by atoms with E-state index in [0.717, 1.165) is 6.92 Å². The molecule has 0 aliphatic heterocycles. The highest BCUT2D eigenvalue weighted by Gasteiger charge is 2.26. The second-order valence-corrected chi connectivity index (χ2v) is 8.59. The van der Waals surface area contributed by atoms with Gasteiger partial charge < -0.3 is 25.1 Å². The predicted octanol–water partition coefficient (Wildman–Crippen LogP) is 6.02. The van der Waals surface area contributed by atoms with E-state index in [1.54, 1.807) is 37.3 Å². The molecule has 43 heavy (non-hydrogen) atoms. The van der Waals surface area contributed by atoms with Crippen molar-refractivity contribution in [1.29, 1.82) is 5.41 Å². The summed E-state index contributed by atoms with van der Waals surface area (Å²) >= 11 is 0. The summed E-state index contributed by atoms with van der Waals surface area (Å²) in [5.41, 5.74) is 5.90. The molecule has 2 rings (SSSR count). The number of amidine groups is 1. The highest BCUT2D eigenvalue weighted by Crippen LogP contribution is 2.17. The lowest BCUT2D eigenvalue weighted by Crippen LogP contribution is -2.20. The first-order chi connectivity index (χ1) is 19.8. The fourth-order valence-electron chi connectivity index (χ4n) is 2.25. The molecule has 1 aromatic heterocycles. The number of nitrogens with two attached hydrogens (primary N) is 1.